The highest BCUT2D eigenvalue weighted by Gasteiger charge is 2.09. The number of nitrogens with one attached hydrogen (secondary N) is 1. The number of carbonyl (C=O) groups excluding carboxylic acids is 2. The normalized spacial score (nSPS) is 10.2. The van der Waals surface area contributed by atoms with Crippen LogP contribution in [0.1, 0.15) is 28.8 Å². The number of hydrogen-bond acceptors (Lipinski definition) is 3. The lowest BCUT2D eigenvalue weighted by Gasteiger charge is -2.08. The highest BCUT2D eigenvalue weighted by molar-refractivity contribution is 6.30. The molecule has 1 N–H and O–H groups in total. The predicted molar refractivity (Wildman–Crippen MR) is 94.7 cm³/mol. The molecule has 1 amide bonds. The summed E-state index contributed by atoms with van der Waals surface area (Å²) in [6.45, 7) is 2.80. The van der Waals surface area contributed by atoms with Crippen molar-refractivity contribution >= 4 is 23.3 Å². The van der Waals surface area contributed by atoms with Gasteiger partial charge in [0.25, 0.3) is 0 Å². The van der Waals surface area contributed by atoms with Crippen molar-refractivity contribution in [3.05, 3.63) is 64.7 Å². The summed E-state index contributed by atoms with van der Waals surface area (Å²) < 4.78 is 5.52. The van der Waals surface area contributed by atoms with Gasteiger partial charge in [0.15, 0.2) is 5.78 Å². The first-order valence-corrected chi connectivity index (χ1v) is 8.17. The van der Waals surface area contributed by atoms with Gasteiger partial charge in [-0.3, -0.25) is 9.59 Å². The molecule has 0 fully saturated rings. The number of benzene rings is 2. The van der Waals surface area contributed by atoms with E-state index in [0.717, 1.165) is 5.75 Å². The standard InChI is InChI=1S/C19H20ClNO3/c1-14-2-8-17(9-3-14)24-13-12-21-19(23)11-10-18(22)15-4-6-16(20)7-5-15/h2-9H,10-13H2,1H3,(H,21,23). The third-order valence-corrected chi connectivity index (χ3v) is 3.71. The van der Waals surface area contributed by atoms with Gasteiger partial charge in [-0.2, -0.15) is 0 Å². The lowest BCUT2D eigenvalue weighted by Crippen LogP contribution is -2.28. The number of aryl methyl sites for hydroxylation is 1. The average molecular weight is 346 g/mol. The van der Waals surface area contributed by atoms with Gasteiger partial charge < -0.3 is 10.1 Å². The molecule has 0 heterocycles. The summed E-state index contributed by atoms with van der Waals surface area (Å²) in [6.07, 6.45) is 0.332. The SMILES string of the molecule is Cc1ccc(OCCNC(=O)CCC(=O)c2ccc(Cl)cc2)cc1. The van der Waals surface area contributed by atoms with Crippen LogP contribution in [-0.2, 0) is 4.79 Å². The number of hydrogen-bond donors (Lipinski definition) is 1. The molecule has 0 saturated heterocycles. The van der Waals surface area contributed by atoms with Crippen LogP contribution in [0.5, 0.6) is 5.75 Å². The van der Waals surface area contributed by atoms with Crippen molar-refractivity contribution in [1.82, 2.24) is 5.32 Å². The van der Waals surface area contributed by atoms with Gasteiger partial charge in [-0.05, 0) is 43.3 Å². The van der Waals surface area contributed by atoms with E-state index >= 15 is 0 Å². The van der Waals surface area contributed by atoms with Crippen LogP contribution in [0.3, 0.4) is 0 Å². The summed E-state index contributed by atoms with van der Waals surface area (Å²) in [5.74, 6) is 0.537. The molecule has 0 aliphatic carbocycles. The number of ether oxygens (including phenoxy) is 1. The van der Waals surface area contributed by atoms with Crippen LogP contribution in [0.2, 0.25) is 5.02 Å². The number of halogens is 1. The fourth-order valence-electron chi connectivity index (χ4n) is 2.09. The quantitative estimate of drug-likeness (QED) is 0.584. The lowest BCUT2D eigenvalue weighted by molar-refractivity contribution is -0.121. The molecule has 2 aromatic carbocycles. The Balaban J connectivity index is 1.63. The molecule has 0 radical (unpaired) electrons. The van der Waals surface area contributed by atoms with Crippen LogP contribution in [-0.4, -0.2) is 24.8 Å². The minimum atomic E-state index is -0.162. The van der Waals surface area contributed by atoms with Gasteiger partial charge in [0.2, 0.25) is 5.91 Å². The molecule has 2 rings (SSSR count). The third kappa shape index (κ3) is 6.05. The molecular weight excluding hydrogens is 326 g/mol. The van der Waals surface area contributed by atoms with Crippen LogP contribution in [0.4, 0.5) is 0 Å². The van der Waals surface area contributed by atoms with Crippen molar-refractivity contribution in [2.24, 2.45) is 0 Å². The van der Waals surface area contributed by atoms with Crippen molar-refractivity contribution in [1.29, 1.82) is 0 Å². The zero-order valence-electron chi connectivity index (χ0n) is 13.5. The van der Waals surface area contributed by atoms with E-state index in [-0.39, 0.29) is 24.5 Å². The van der Waals surface area contributed by atoms with E-state index in [2.05, 4.69) is 5.32 Å². The lowest BCUT2D eigenvalue weighted by atomic mass is 10.1. The molecule has 0 aromatic heterocycles. The first-order chi connectivity index (χ1) is 11.5. The molecule has 0 saturated carbocycles. The van der Waals surface area contributed by atoms with E-state index in [1.54, 1.807) is 24.3 Å². The van der Waals surface area contributed by atoms with Crippen molar-refractivity contribution in [2.45, 2.75) is 19.8 Å². The summed E-state index contributed by atoms with van der Waals surface area (Å²) >= 11 is 5.78. The molecule has 0 bridgehead atoms. The molecule has 4 nitrogen and oxygen atoms in total. The van der Waals surface area contributed by atoms with Crippen LogP contribution in [0.15, 0.2) is 48.5 Å². The maximum Gasteiger partial charge on any atom is 0.220 e. The fraction of sp³-hybridized carbons (Fsp3) is 0.263. The number of carbonyl (C=O) groups is 2. The van der Waals surface area contributed by atoms with Crippen LogP contribution < -0.4 is 10.1 Å². The highest BCUT2D eigenvalue weighted by Crippen LogP contribution is 2.12. The maximum atomic E-state index is 12.0. The molecule has 2 aromatic rings. The monoisotopic (exact) mass is 345 g/mol. The second-order valence-corrected chi connectivity index (χ2v) is 5.88. The molecule has 0 atom stereocenters. The number of rotatable bonds is 8. The zero-order chi connectivity index (χ0) is 17.4. The maximum absolute atomic E-state index is 12.0. The second-order valence-electron chi connectivity index (χ2n) is 5.44. The summed E-state index contributed by atoms with van der Waals surface area (Å²) in [4.78, 5) is 23.7. The summed E-state index contributed by atoms with van der Waals surface area (Å²) in [5, 5.41) is 3.32. The highest BCUT2D eigenvalue weighted by atomic mass is 35.5. The largest absolute Gasteiger partial charge is 0.492 e. The van der Waals surface area contributed by atoms with E-state index in [0.29, 0.717) is 23.7 Å². The Morgan fingerprint density at radius 1 is 1.00 bits per heavy atom. The Bertz CT molecular complexity index is 681. The molecule has 0 aliphatic rings. The minimum absolute atomic E-state index is 0.0716. The van der Waals surface area contributed by atoms with Gasteiger partial charge in [0, 0.05) is 23.4 Å². The Morgan fingerprint density at radius 3 is 2.33 bits per heavy atom. The molecule has 0 unspecified atom stereocenters. The van der Waals surface area contributed by atoms with Crippen molar-refractivity contribution < 1.29 is 14.3 Å². The van der Waals surface area contributed by atoms with Crippen LogP contribution in [0, 0.1) is 6.92 Å². The number of amides is 1. The van der Waals surface area contributed by atoms with E-state index in [9.17, 15) is 9.59 Å². The zero-order valence-corrected chi connectivity index (χ0v) is 14.3. The smallest absolute Gasteiger partial charge is 0.220 e. The van der Waals surface area contributed by atoms with Crippen molar-refractivity contribution in [2.75, 3.05) is 13.2 Å². The summed E-state index contributed by atoms with van der Waals surface area (Å²) in [6, 6.07) is 14.4. The van der Waals surface area contributed by atoms with E-state index in [1.165, 1.54) is 5.56 Å². The Morgan fingerprint density at radius 2 is 1.67 bits per heavy atom. The number of ketones is 1. The van der Waals surface area contributed by atoms with Crippen molar-refractivity contribution in [3.8, 4) is 5.75 Å². The van der Waals surface area contributed by atoms with Gasteiger partial charge in [-0.15, -0.1) is 0 Å². The summed E-state index contributed by atoms with van der Waals surface area (Å²) in [7, 11) is 0. The molecule has 0 aliphatic heterocycles. The van der Waals surface area contributed by atoms with Gasteiger partial charge in [-0.25, -0.2) is 0 Å². The van der Waals surface area contributed by atoms with Gasteiger partial charge in [0.1, 0.15) is 12.4 Å². The first kappa shape index (κ1) is 18.0. The predicted octanol–water partition coefficient (Wildman–Crippen LogP) is 3.81. The topological polar surface area (TPSA) is 55.4 Å². The average Bonchev–Trinajstić information content (AvgIpc) is 2.59. The Labute approximate surface area is 146 Å². The molecule has 126 valence electrons. The van der Waals surface area contributed by atoms with Gasteiger partial charge in [-0.1, -0.05) is 29.3 Å². The Kier molecular flexibility index (Phi) is 6.82. The van der Waals surface area contributed by atoms with Gasteiger partial charge in [0.05, 0.1) is 6.54 Å². The Hall–Kier alpha value is -2.33. The van der Waals surface area contributed by atoms with Crippen LogP contribution >= 0.6 is 11.6 Å². The first-order valence-electron chi connectivity index (χ1n) is 7.79. The second kappa shape index (κ2) is 9.08. The van der Waals surface area contributed by atoms with Crippen molar-refractivity contribution in [3.63, 3.8) is 0 Å². The minimum Gasteiger partial charge on any atom is -0.492 e. The number of Topliss-reactive ketones (excluding diaryl/α,β-unsaturated/α-hetero) is 1. The summed E-state index contributed by atoms with van der Waals surface area (Å²) in [5.41, 5.74) is 1.73. The van der Waals surface area contributed by atoms with E-state index in [4.69, 9.17) is 16.3 Å². The molecule has 0 spiro atoms. The fourth-order valence-corrected chi connectivity index (χ4v) is 2.22. The molecule has 24 heavy (non-hydrogen) atoms. The molecular formula is C19H20ClNO3. The third-order valence-electron chi connectivity index (χ3n) is 3.46. The van der Waals surface area contributed by atoms with E-state index in [1.807, 2.05) is 31.2 Å². The van der Waals surface area contributed by atoms with E-state index < -0.39 is 0 Å². The van der Waals surface area contributed by atoms with Crippen LogP contribution in [0.25, 0.3) is 0 Å². The van der Waals surface area contributed by atoms with Gasteiger partial charge >= 0.3 is 0 Å². The molecule has 5 heteroatoms.